The summed E-state index contributed by atoms with van der Waals surface area (Å²) in [6.45, 7) is 0.908. The molecule has 0 aliphatic carbocycles. The zero-order valence-electron chi connectivity index (χ0n) is 16.7. The fourth-order valence-corrected chi connectivity index (χ4v) is 3.39. The topological polar surface area (TPSA) is 67.9 Å². The van der Waals surface area contributed by atoms with Crippen molar-refractivity contribution in [2.24, 2.45) is 0 Å². The highest BCUT2D eigenvalue weighted by Crippen LogP contribution is 2.34. The normalized spacial score (nSPS) is 12.7. The molecule has 3 aromatic rings. The molecule has 7 heteroatoms. The van der Waals surface area contributed by atoms with Crippen molar-refractivity contribution in [2.75, 3.05) is 30.0 Å². The number of anilines is 2. The van der Waals surface area contributed by atoms with Crippen LogP contribution in [0.5, 0.6) is 11.5 Å². The predicted molar refractivity (Wildman–Crippen MR) is 120 cm³/mol. The van der Waals surface area contributed by atoms with Crippen molar-refractivity contribution in [3.63, 3.8) is 0 Å². The second kappa shape index (κ2) is 9.53. The van der Waals surface area contributed by atoms with Gasteiger partial charge in [0.1, 0.15) is 11.5 Å². The number of benzene rings is 3. The van der Waals surface area contributed by atoms with Crippen LogP contribution in [0.3, 0.4) is 0 Å². The molecule has 158 valence electrons. The van der Waals surface area contributed by atoms with Crippen molar-refractivity contribution in [3.05, 3.63) is 83.4 Å². The Kier molecular flexibility index (Phi) is 6.38. The highest BCUT2D eigenvalue weighted by atomic mass is 35.5. The predicted octanol–water partition coefficient (Wildman–Crippen LogP) is 4.79. The van der Waals surface area contributed by atoms with Gasteiger partial charge in [-0.3, -0.25) is 9.59 Å². The van der Waals surface area contributed by atoms with Gasteiger partial charge in [-0.1, -0.05) is 29.8 Å². The van der Waals surface area contributed by atoms with E-state index in [-0.39, 0.29) is 18.4 Å². The van der Waals surface area contributed by atoms with E-state index >= 15 is 0 Å². The van der Waals surface area contributed by atoms with Gasteiger partial charge in [0.05, 0.1) is 12.3 Å². The van der Waals surface area contributed by atoms with Gasteiger partial charge in [-0.2, -0.15) is 0 Å². The molecule has 6 nitrogen and oxygen atoms in total. The summed E-state index contributed by atoms with van der Waals surface area (Å²) in [6, 6.07) is 21.4. The number of fused-ring (bicyclic) bond motifs is 1. The summed E-state index contributed by atoms with van der Waals surface area (Å²) in [5.41, 5.74) is 1.78. The highest BCUT2D eigenvalue weighted by molar-refractivity contribution is 6.30. The van der Waals surface area contributed by atoms with Crippen molar-refractivity contribution in [2.45, 2.75) is 6.42 Å². The van der Waals surface area contributed by atoms with E-state index in [4.69, 9.17) is 21.1 Å². The van der Waals surface area contributed by atoms with E-state index in [1.54, 1.807) is 59.5 Å². The van der Waals surface area contributed by atoms with Crippen LogP contribution >= 0.6 is 11.6 Å². The monoisotopic (exact) mass is 436 g/mol. The zero-order chi connectivity index (χ0) is 21.6. The lowest BCUT2D eigenvalue weighted by Gasteiger charge is -2.30. The largest absolute Gasteiger partial charge is 0.494 e. The third kappa shape index (κ3) is 5.16. The quantitative estimate of drug-likeness (QED) is 0.541. The lowest BCUT2D eigenvalue weighted by atomic mass is 10.1. The van der Waals surface area contributed by atoms with Crippen molar-refractivity contribution >= 4 is 34.8 Å². The average Bonchev–Trinajstić information content (AvgIpc) is 2.79. The van der Waals surface area contributed by atoms with Gasteiger partial charge in [0.2, 0.25) is 0 Å². The van der Waals surface area contributed by atoms with Crippen LogP contribution in [0.4, 0.5) is 11.4 Å². The summed E-state index contributed by atoms with van der Waals surface area (Å²) in [4.78, 5) is 26.6. The summed E-state index contributed by atoms with van der Waals surface area (Å²) in [7, 11) is 0. The Hall–Kier alpha value is -3.51. The first-order chi connectivity index (χ1) is 15.1. The molecule has 31 heavy (non-hydrogen) atoms. The maximum atomic E-state index is 12.5. The van der Waals surface area contributed by atoms with Gasteiger partial charge in [0.25, 0.3) is 11.8 Å². The van der Waals surface area contributed by atoms with Crippen molar-refractivity contribution < 1.29 is 19.1 Å². The minimum atomic E-state index is -0.216. The molecule has 1 heterocycles. The third-order valence-corrected chi connectivity index (χ3v) is 5.06. The first-order valence-electron chi connectivity index (χ1n) is 9.92. The molecule has 0 unspecified atom stereocenters. The van der Waals surface area contributed by atoms with Crippen LogP contribution in [0, 0.1) is 0 Å². The second-order valence-corrected chi connectivity index (χ2v) is 7.43. The molecule has 3 aromatic carbocycles. The van der Waals surface area contributed by atoms with Crippen LogP contribution in [0.15, 0.2) is 72.8 Å². The van der Waals surface area contributed by atoms with E-state index in [0.717, 1.165) is 5.75 Å². The van der Waals surface area contributed by atoms with E-state index in [9.17, 15) is 9.59 Å². The molecule has 2 amide bonds. The van der Waals surface area contributed by atoms with E-state index in [1.807, 2.05) is 18.2 Å². The fraction of sp³-hybridized carbons (Fsp3) is 0.167. The number of nitrogens with one attached hydrogen (secondary N) is 1. The summed E-state index contributed by atoms with van der Waals surface area (Å²) < 4.78 is 11.3. The number of carbonyl (C=O) groups is 2. The standard InChI is InChI=1S/C24H21ClN2O4/c25-18-7-10-20(11-8-18)30-14-4-13-27-21-15-19(9-12-22(21)31-16-23(27)28)26-24(29)17-5-2-1-3-6-17/h1-3,5-12,15H,4,13-14,16H2,(H,26,29). The SMILES string of the molecule is O=C(Nc1ccc2c(c1)N(CCCOc1ccc(Cl)cc1)C(=O)CO2)c1ccccc1. The van der Waals surface area contributed by atoms with Crippen LogP contribution in [0.2, 0.25) is 5.02 Å². The van der Waals surface area contributed by atoms with Crippen LogP contribution in [0.25, 0.3) is 0 Å². The van der Waals surface area contributed by atoms with Gasteiger partial charge < -0.3 is 19.7 Å². The van der Waals surface area contributed by atoms with Crippen molar-refractivity contribution in [1.29, 1.82) is 0 Å². The second-order valence-electron chi connectivity index (χ2n) is 6.99. The number of ether oxygens (including phenoxy) is 2. The van der Waals surface area contributed by atoms with Gasteiger partial charge in [-0.05, 0) is 61.0 Å². The number of hydrogen-bond acceptors (Lipinski definition) is 4. The molecule has 0 atom stereocenters. The molecule has 0 bridgehead atoms. The Balaban J connectivity index is 1.41. The van der Waals surface area contributed by atoms with E-state index in [2.05, 4.69) is 5.32 Å². The number of rotatable bonds is 7. The lowest BCUT2D eigenvalue weighted by molar-refractivity contribution is -0.121. The molecule has 0 spiro atoms. The summed E-state index contributed by atoms with van der Waals surface area (Å²) in [5, 5.41) is 3.52. The van der Waals surface area contributed by atoms with Crippen LogP contribution in [-0.4, -0.2) is 31.6 Å². The third-order valence-electron chi connectivity index (χ3n) is 4.80. The first-order valence-corrected chi connectivity index (χ1v) is 10.3. The van der Waals surface area contributed by atoms with E-state index < -0.39 is 0 Å². The van der Waals surface area contributed by atoms with E-state index in [1.165, 1.54) is 0 Å². The molecule has 0 radical (unpaired) electrons. The summed E-state index contributed by atoms with van der Waals surface area (Å²) in [6.07, 6.45) is 0.633. The Morgan fingerprint density at radius 2 is 1.84 bits per heavy atom. The zero-order valence-corrected chi connectivity index (χ0v) is 17.5. The Morgan fingerprint density at radius 1 is 1.06 bits per heavy atom. The summed E-state index contributed by atoms with van der Waals surface area (Å²) >= 11 is 5.88. The van der Waals surface area contributed by atoms with Crippen LogP contribution in [-0.2, 0) is 4.79 Å². The van der Waals surface area contributed by atoms with Gasteiger partial charge in [0, 0.05) is 22.8 Å². The molecule has 4 rings (SSSR count). The molecular formula is C24H21ClN2O4. The smallest absolute Gasteiger partial charge is 0.265 e. The van der Waals surface area contributed by atoms with Crippen LogP contribution < -0.4 is 19.7 Å². The Morgan fingerprint density at radius 3 is 2.61 bits per heavy atom. The number of hydrogen-bond donors (Lipinski definition) is 1. The molecule has 1 aliphatic heterocycles. The van der Waals surface area contributed by atoms with E-state index in [0.29, 0.717) is 47.3 Å². The molecule has 1 N–H and O–H groups in total. The van der Waals surface area contributed by atoms with Gasteiger partial charge in [-0.15, -0.1) is 0 Å². The fourth-order valence-electron chi connectivity index (χ4n) is 3.26. The summed E-state index contributed by atoms with van der Waals surface area (Å²) in [5.74, 6) is 0.983. The lowest BCUT2D eigenvalue weighted by Crippen LogP contribution is -2.39. The van der Waals surface area contributed by atoms with Gasteiger partial charge >= 0.3 is 0 Å². The molecular weight excluding hydrogens is 416 g/mol. The van der Waals surface area contributed by atoms with Gasteiger partial charge in [0.15, 0.2) is 6.61 Å². The number of carbonyl (C=O) groups excluding carboxylic acids is 2. The Bertz CT molecular complexity index is 1070. The number of halogens is 1. The van der Waals surface area contributed by atoms with Crippen molar-refractivity contribution in [3.8, 4) is 11.5 Å². The van der Waals surface area contributed by atoms with Crippen molar-refractivity contribution in [1.82, 2.24) is 0 Å². The number of nitrogens with zero attached hydrogens (tertiary/aromatic N) is 1. The average molecular weight is 437 g/mol. The maximum absolute atomic E-state index is 12.5. The minimum Gasteiger partial charge on any atom is -0.494 e. The molecule has 0 saturated heterocycles. The maximum Gasteiger partial charge on any atom is 0.265 e. The molecule has 1 aliphatic rings. The molecule has 0 aromatic heterocycles. The first kappa shape index (κ1) is 20.8. The minimum absolute atomic E-state index is 0.0131. The van der Waals surface area contributed by atoms with Crippen LogP contribution in [0.1, 0.15) is 16.8 Å². The Labute approximate surface area is 185 Å². The van der Waals surface area contributed by atoms with Gasteiger partial charge in [-0.25, -0.2) is 0 Å². The molecule has 0 saturated carbocycles. The number of amides is 2. The highest BCUT2D eigenvalue weighted by Gasteiger charge is 2.25. The molecule has 0 fully saturated rings.